The van der Waals surface area contributed by atoms with Crippen LogP contribution < -0.4 is 5.32 Å². The Kier molecular flexibility index (Phi) is 7.81. The Morgan fingerprint density at radius 1 is 1.35 bits per heavy atom. The Balaban J connectivity index is 2.58. The number of piperidine rings is 1. The highest BCUT2D eigenvalue weighted by Crippen LogP contribution is 2.23. The lowest BCUT2D eigenvalue weighted by atomic mass is 9.96. The Morgan fingerprint density at radius 3 is 2.61 bits per heavy atom. The van der Waals surface area contributed by atoms with Crippen LogP contribution in [0.5, 0.6) is 0 Å². The summed E-state index contributed by atoms with van der Waals surface area (Å²) in [5.41, 5.74) is 0. The Bertz CT molecular complexity index is 402. The number of likely N-dealkylation sites (tertiary alicyclic amines) is 1. The normalized spacial score (nSPS) is 18.8. The van der Waals surface area contributed by atoms with E-state index in [-0.39, 0.29) is 19.0 Å². The SMILES string of the molecule is CCN(CC(F)(F)F)C(=O)C1CCCN(C(=O)CCCNC)C1. The molecule has 0 aromatic carbocycles. The largest absolute Gasteiger partial charge is 0.406 e. The molecule has 0 saturated carbocycles. The molecule has 1 rings (SSSR count). The predicted octanol–water partition coefficient (Wildman–Crippen LogP) is 1.64. The molecule has 0 radical (unpaired) electrons. The van der Waals surface area contributed by atoms with E-state index in [1.54, 1.807) is 11.9 Å². The second-order valence-corrected chi connectivity index (χ2v) is 5.85. The first-order chi connectivity index (χ1) is 10.8. The third-order valence-electron chi connectivity index (χ3n) is 4.00. The molecule has 0 spiro atoms. The molecule has 1 atom stereocenters. The van der Waals surface area contributed by atoms with Gasteiger partial charge >= 0.3 is 6.18 Å². The molecular formula is C15H26F3N3O2. The molecule has 0 aliphatic carbocycles. The van der Waals surface area contributed by atoms with Crippen molar-refractivity contribution < 1.29 is 22.8 Å². The van der Waals surface area contributed by atoms with Gasteiger partial charge in [-0.3, -0.25) is 9.59 Å². The fourth-order valence-electron chi connectivity index (χ4n) is 2.80. The number of carbonyl (C=O) groups is 2. The number of amides is 2. The Hall–Kier alpha value is -1.31. The molecule has 0 aromatic rings. The van der Waals surface area contributed by atoms with Crippen molar-refractivity contribution in [3.8, 4) is 0 Å². The topological polar surface area (TPSA) is 52.7 Å². The standard InChI is InChI=1S/C15H26F3N3O2/c1-3-20(11-15(16,17)18)14(23)12-6-5-9-21(10-12)13(22)7-4-8-19-2/h12,19H,3-11H2,1-2H3. The molecule has 1 unspecified atom stereocenters. The van der Waals surface area contributed by atoms with Crippen molar-refractivity contribution in [2.24, 2.45) is 5.92 Å². The first kappa shape index (κ1) is 19.7. The quantitative estimate of drug-likeness (QED) is 0.719. The molecule has 23 heavy (non-hydrogen) atoms. The summed E-state index contributed by atoms with van der Waals surface area (Å²) in [6.45, 7) is 1.86. The molecule has 1 N–H and O–H groups in total. The lowest BCUT2D eigenvalue weighted by molar-refractivity contribution is -0.164. The molecule has 5 nitrogen and oxygen atoms in total. The van der Waals surface area contributed by atoms with Crippen LogP contribution in [0.2, 0.25) is 0 Å². The first-order valence-corrected chi connectivity index (χ1v) is 8.06. The van der Waals surface area contributed by atoms with Gasteiger partial charge in [0.05, 0.1) is 5.92 Å². The van der Waals surface area contributed by atoms with Gasteiger partial charge in [-0.2, -0.15) is 13.2 Å². The summed E-state index contributed by atoms with van der Waals surface area (Å²) in [4.78, 5) is 26.9. The van der Waals surface area contributed by atoms with Gasteiger partial charge < -0.3 is 15.1 Å². The molecule has 8 heteroatoms. The second-order valence-electron chi connectivity index (χ2n) is 5.85. The molecule has 1 aliphatic heterocycles. The number of hydrogen-bond acceptors (Lipinski definition) is 3. The summed E-state index contributed by atoms with van der Waals surface area (Å²) >= 11 is 0. The summed E-state index contributed by atoms with van der Waals surface area (Å²) in [5.74, 6) is -1.06. The molecule has 134 valence electrons. The van der Waals surface area contributed by atoms with Gasteiger partial charge in [0, 0.05) is 26.1 Å². The van der Waals surface area contributed by atoms with Crippen LogP contribution >= 0.6 is 0 Å². The maximum absolute atomic E-state index is 12.5. The van der Waals surface area contributed by atoms with Crippen LogP contribution in [-0.2, 0) is 9.59 Å². The van der Waals surface area contributed by atoms with Crippen molar-refractivity contribution in [3.63, 3.8) is 0 Å². The fourth-order valence-corrected chi connectivity index (χ4v) is 2.80. The summed E-state index contributed by atoms with van der Waals surface area (Å²) in [6.07, 6.45) is -2.12. The van der Waals surface area contributed by atoms with E-state index in [2.05, 4.69) is 5.32 Å². The number of nitrogens with one attached hydrogen (secondary N) is 1. The van der Waals surface area contributed by atoms with E-state index in [1.807, 2.05) is 0 Å². The van der Waals surface area contributed by atoms with Crippen molar-refractivity contribution >= 4 is 11.8 Å². The van der Waals surface area contributed by atoms with Crippen LogP contribution in [0.1, 0.15) is 32.6 Å². The van der Waals surface area contributed by atoms with E-state index in [0.29, 0.717) is 32.2 Å². The molecule has 0 bridgehead atoms. The zero-order chi connectivity index (χ0) is 17.5. The van der Waals surface area contributed by atoms with Crippen molar-refractivity contribution in [1.82, 2.24) is 15.1 Å². The minimum Gasteiger partial charge on any atom is -0.342 e. The lowest BCUT2D eigenvalue weighted by Crippen LogP contribution is -2.48. The first-order valence-electron chi connectivity index (χ1n) is 8.06. The number of carbonyl (C=O) groups excluding carboxylic acids is 2. The average molecular weight is 337 g/mol. The minimum atomic E-state index is -4.40. The number of hydrogen-bond donors (Lipinski definition) is 1. The van der Waals surface area contributed by atoms with E-state index in [4.69, 9.17) is 0 Å². The van der Waals surface area contributed by atoms with Crippen LogP contribution in [0.15, 0.2) is 0 Å². The second kappa shape index (κ2) is 9.10. The van der Waals surface area contributed by atoms with Crippen LogP contribution in [0.3, 0.4) is 0 Å². The highest BCUT2D eigenvalue weighted by Gasteiger charge is 2.36. The molecular weight excluding hydrogens is 311 g/mol. The zero-order valence-electron chi connectivity index (χ0n) is 13.8. The van der Waals surface area contributed by atoms with Gasteiger partial charge in [-0.25, -0.2) is 0 Å². The molecule has 1 heterocycles. The van der Waals surface area contributed by atoms with Crippen molar-refractivity contribution in [1.29, 1.82) is 0 Å². The van der Waals surface area contributed by atoms with Gasteiger partial charge in [-0.15, -0.1) is 0 Å². The number of nitrogens with zero attached hydrogens (tertiary/aromatic N) is 2. The summed E-state index contributed by atoms with van der Waals surface area (Å²) in [7, 11) is 1.81. The zero-order valence-corrected chi connectivity index (χ0v) is 13.8. The van der Waals surface area contributed by atoms with Crippen molar-refractivity contribution in [2.45, 2.75) is 38.8 Å². The van der Waals surface area contributed by atoms with Crippen LogP contribution in [0, 0.1) is 5.92 Å². The van der Waals surface area contributed by atoms with Gasteiger partial charge in [0.25, 0.3) is 0 Å². The number of halogens is 3. The maximum atomic E-state index is 12.5. The Morgan fingerprint density at radius 2 is 2.04 bits per heavy atom. The van der Waals surface area contributed by atoms with Crippen LogP contribution in [0.25, 0.3) is 0 Å². The number of rotatable bonds is 7. The van der Waals surface area contributed by atoms with E-state index in [1.165, 1.54) is 6.92 Å². The monoisotopic (exact) mass is 337 g/mol. The third-order valence-corrected chi connectivity index (χ3v) is 4.00. The molecule has 0 aromatic heterocycles. The predicted molar refractivity (Wildman–Crippen MR) is 80.8 cm³/mol. The van der Waals surface area contributed by atoms with E-state index in [9.17, 15) is 22.8 Å². The highest BCUT2D eigenvalue weighted by atomic mass is 19.4. The minimum absolute atomic E-state index is 0.0188. The van der Waals surface area contributed by atoms with Crippen molar-refractivity contribution in [2.75, 3.05) is 39.8 Å². The molecule has 2 amide bonds. The van der Waals surface area contributed by atoms with Gasteiger partial charge in [-0.1, -0.05) is 0 Å². The van der Waals surface area contributed by atoms with Gasteiger partial charge in [-0.05, 0) is 39.8 Å². The lowest BCUT2D eigenvalue weighted by Gasteiger charge is -2.35. The van der Waals surface area contributed by atoms with Crippen molar-refractivity contribution in [3.05, 3.63) is 0 Å². The molecule has 1 aliphatic rings. The average Bonchev–Trinajstić information content (AvgIpc) is 2.51. The molecule has 1 saturated heterocycles. The smallest absolute Gasteiger partial charge is 0.342 e. The highest BCUT2D eigenvalue weighted by molar-refractivity contribution is 5.81. The van der Waals surface area contributed by atoms with Crippen LogP contribution in [0.4, 0.5) is 13.2 Å². The van der Waals surface area contributed by atoms with Gasteiger partial charge in [0.1, 0.15) is 6.54 Å². The maximum Gasteiger partial charge on any atom is 0.406 e. The Labute approximate surface area is 135 Å². The van der Waals surface area contributed by atoms with E-state index < -0.39 is 24.5 Å². The van der Waals surface area contributed by atoms with Gasteiger partial charge in [0.2, 0.25) is 11.8 Å². The van der Waals surface area contributed by atoms with E-state index in [0.717, 1.165) is 11.4 Å². The number of alkyl halides is 3. The van der Waals surface area contributed by atoms with Crippen LogP contribution in [-0.4, -0.2) is 67.6 Å². The molecule has 1 fully saturated rings. The summed E-state index contributed by atoms with van der Waals surface area (Å²) < 4.78 is 37.6. The van der Waals surface area contributed by atoms with Gasteiger partial charge in [0.15, 0.2) is 0 Å². The fraction of sp³-hybridized carbons (Fsp3) is 0.867. The third kappa shape index (κ3) is 6.76. The summed E-state index contributed by atoms with van der Waals surface area (Å²) in [5, 5.41) is 2.96. The summed E-state index contributed by atoms with van der Waals surface area (Å²) in [6, 6.07) is 0. The van der Waals surface area contributed by atoms with E-state index >= 15 is 0 Å².